The average Bonchev–Trinajstić information content (AvgIpc) is 2.70. The average molecular weight is 455 g/mol. The number of benzene rings is 1. The van der Waals surface area contributed by atoms with E-state index >= 15 is 0 Å². The van der Waals surface area contributed by atoms with Gasteiger partial charge in [0.25, 0.3) is 10.1 Å². The normalized spacial score (nSPS) is 11.2. The summed E-state index contributed by atoms with van der Waals surface area (Å²) in [5.74, 6) is -0.533. The third-order valence-corrected chi connectivity index (χ3v) is 5.50. The molecule has 0 aromatic heterocycles. The van der Waals surface area contributed by atoms with Crippen LogP contribution in [0, 0.1) is 0 Å². The summed E-state index contributed by atoms with van der Waals surface area (Å²) >= 11 is 0. The van der Waals surface area contributed by atoms with Crippen molar-refractivity contribution >= 4 is 27.7 Å². The van der Waals surface area contributed by atoms with Crippen LogP contribution >= 0.6 is 0 Å². The summed E-state index contributed by atoms with van der Waals surface area (Å²) in [5.41, 5.74) is 3.52. The third kappa shape index (κ3) is 12.9. The van der Waals surface area contributed by atoms with Gasteiger partial charge in [0, 0.05) is 24.2 Å². The molecule has 0 bridgehead atoms. The van der Waals surface area contributed by atoms with Gasteiger partial charge in [-0.3, -0.25) is 9.35 Å². The molecule has 9 heteroatoms. The summed E-state index contributed by atoms with van der Waals surface area (Å²) in [6.07, 6.45) is 9.99. The summed E-state index contributed by atoms with van der Waals surface area (Å²) in [6.45, 7) is 5.76. The van der Waals surface area contributed by atoms with E-state index in [1.165, 1.54) is 37.1 Å². The van der Waals surface area contributed by atoms with Gasteiger partial charge < -0.3 is 10.2 Å². The Morgan fingerprint density at radius 3 is 1.97 bits per heavy atom. The second-order valence-electron chi connectivity index (χ2n) is 7.54. The molecular weight excluding hydrogens is 420 g/mol. The van der Waals surface area contributed by atoms with Gasteiger partial charge in [-0.05, 0) is 44.0 Å². The summed E-state index contributed by atoms with van der Waals surface area (Å²) in [4.78, 5) is 27.7. The van der Waals surface area contributed by atoms with Gasteiger partial charge in [0.05, 0.1) is 4.90 Å². The zero-order valence-electron chi connectivity index (χ0n) is 18.2. The van der Waals surface area contributed by atoms with Crippen molar-refractivity contribution in [1.82, 2.24) is 5.48 Å². The van der Waals surface area contributed by atoms with Crippen LogP contribution in [0.15, 0.2) is 41.3 Å². The van der Waals surface area contributed by atoms with Crippen LogP contribution in [0.5, 0.6) is 0 Å². The first-order valence-corrected chi connectivity index (χ1v) is 12.1. The molecule has 0 fully saturated rings. The quantitative estimate of drug-likeness (QED) is 0.146. The zero-order chi connectivity index (χ0) is 23.1. The van der Waals surface area contributed by atoms with Crippen LogP contribution in [0.1, 0.15) is 71.1 Å². The molecule has 0 saturated heterocycles. The number of unbranched alkanes of at least 4 members (excludes halogenated alkanes) is 8. The minimum Gasteiger partial charge on any atom is -0.367 e. The molecule has 1 rings (SSSR count). The van der Waals surface area contributed by atoms with E-state index in [1.807, 2.05) is 0 Å². The molecular formula is C22H34N2O6S. The SMILES string of the molecule is C=C(C)C(=O)ONCCCCCCCCCCCC(=O)Nc1ccc(S(=O)(=O)O)cc1. The molecule has 0 spiro atoms. The summed E-state index contributed by atoms with van der Waals surface area (Å²) in [7, 11) is -4.22. The Balaban J connectivity index is 1.95. The molecule has 3 N–H and O–H groups in total. The van der Waals surface area contributed by atoms with Crippen LogP contribution < -0.4 is 10.8 Å². The minimum absolute atomic E-state index is 0.109. The molecule has 8 nitrogen and oxygen atoms in total. The number of carbonyl (C=O) groups excluding carboxylic acids is 2. The Morgan fingerprint density at radius 2 is 1.45 bits per heavy atom. The number of carbonyl (C=O) groups is 2. The minimum atomic E-state index is -4.22. The van der Waals surface area contributed by atoms with E-state index in [0.717, 1.165) is 44.9 Å². The molecule has 31 heavy (non-hydrogen) atoms. The molecule has 1 amide bonds. The molecule has 0 aliphatic heterocycles. The summed E-state index contributed by atoms with van der Waals surface area (Å²) in [6, 6.07) is 5.40. The fraction of sp³-hybridized carbons (Fsp3) is 0.545. The summed E-state index contributed by atoms with van der Waals surface area (Å²) < 4.78 is 30.9. The van der Waals surface area contributed by atoms with E-state index in [4.69, 9.17) is 9.39 Å². The van der Waals surface area contributed by atoms with Gasteiger partial charge in [-0.1, -0.05) is 51.5 Å². The van der Waals surface area contributed by atoms with Crippen LogP contribution in [0.4, 0.5) is 5.69 Å². The predicted molar refractivity (Wildman–Crippen MR) is 120 cm³/mol. The van der Waals surface area contributed by atoms with Crippen LogP contribution in [-0.4, -0.2) is 31.4 Å². The van der Waals surface area contributed by atoms with Crippen molar-refractivity contribution in [3.8, 4) is 0 Å². The lowest BCUT2D eigenvalue weighted by Gasteiger charge is -2.06. The van der Waals surface area contributed by atoms with Gasteiger partial charge >= 0.3 is 5.97 Å². The Morgan fingerprint density at radius 1 is 0.935 bits per heavy atom. The summed E-state index contributed by atoms with van der Waals surface area (Å²) in [5, 5.41) is 2.72. The largest absolute Gasteiger partial charge is 0.367 e. The molecule has 0 saturated carbocycles. The maximum atomic E-state index is 11.9. The van der Waals surface area contributed by atoms with Gasteiger partial charge in [-0.25, -0.2) is 4.79 Å². The van der Waals surface area contributed by atoms with E-state index in [2.05, 4.69) is 17.4 Å². The number of amides is 1. The van der Waals surface area contributed by atoms with Crippen molar-refractivity contribution in [1.29, 1.82) is 0 Å². The number of nitrogens with one attached hydrogen (secondary N) is 2. The van der Waals surface area contributed by atoms with Gasteiger partial charge in [-0.2, -0.15) is 13.9 Å². The molecule has 0 radical (unpaired) electrons. The molecule has 1 aromatic rings. The fourth-order valence-electron chi connectivity index (χ4n) is 2.86. The molecule has 0 aliphatic rings. The number of rotatable bonds is 16. The molecule has 0 heterocycles. The lowest BCUT2D eigenvalue weighted by molar-refractivity contribution is -0.146. The van der Waals surface area contributed by atoms with Crippen molar-refractivity contribution in [2.45, 2.75) is 76.0 Å². The monoisotopic (exact) mass is 454 g/mol. The topological polar surface area (TPSA) is 122 Å². The van der Waals surface area contributed by atoms with Gasteiger partial charge in [0.2, 0.25) is 5.91 Å². The standard InChI is InChI=1S/C22H34N2O6S/c1-18(2)22(26)30-23-17-11-9-7-5-3-4-6-8-10-12-21(25)24-19-13-15-20(16-14-19)31(27,28)29/h13-16,23H,1,3-12,17H2,2H3,(H,24,25)(H,27,28,29). The van der Waals surface area contributed by atoms with Crippen LogP contribution in [0.2, 0.25) is 0 Å². The maximum absolute atomic E-state index is 11.9. The predicted octanol–water partition coefficient (Wildman–Crippen LogP) is 4.40. The smallest absolute Gasteiger partial charge is 0.351 e. The number of hydrogen-bond acceptors (Lipinski definition) is 6. The van der Waals surface area contributed by atoms with Crippen molar-refractivity contribution in [3.05, 3.63) is 36.4 Å². The van der Waals surface area contributed by atoms with Crippen LogP contribution in [-0.2, 0) is 24.5 Å². The lowest BCUT2D eigenvalue weighted by atomic mass is 10.1. The Bertz CT molecular complexity index is 806. The van der Waals surface area contributed by atoms with E-state index in [9.17, 15) is 18.0 Å². The Kier molecular flexibility index (Phi) is 12.7. The maximum Gasteiger partial charge on any atom is 0.351 e. The molecule has 174 valence electrons. The van der Waals surface area contributed by atoms with E-state index < -0.39 is 16.1 Å². The zero-order valence-corrected chi connectivity index (χ0v) is 19.0. The van der Waals surface area contributed by atoms with Crippen LogP contribution in [0.3, 0.4) is 0 Å². The van der Waals surface area contributed by atoms with Gasteiger partial charge in [0.15, 0.2) is 0 Å². The Hall–Kier alpha value is -2.23. The second kappa shape index (κ2) is 14.7. The van der Waals surface area contributed by atoms with Gasteiger partial charge in [0.1, 0.15) is 0 Å². The van der Waals surface area contributed by atoms with E-state index in [0.29, 0.717) is 24.2 Å². The lowest BCUT2D eigenvalue weighted by Crippen LogP contribution is -2.21. The second-order valence-corrected chi connectivity index (χ2v) is 8.97. The highest BCUT2D eigenvalue weighted by Crippen LogP contribution is 2.15. The Labute approximate surface area is 185 Å². The number of hydrogen-bond donors (Lipinski definition) is 3. The van der Waals surface area contributed by atoms with E-state index in [1.54, 1.807) is 6.92 Å². The number of anilines is 1. The first-order valence-electron chi connectivity index (χ1n) is 10.7. The highest BCUT2D eigenvalue weighted by Gasteiger charge is 2.09. The highest BCUT2D eigenvalue weighted by atomic mass is 32.2. The first kappa shape index (κ1) is 26.8. The highest BCUT2D eigenvalue weighted by molar-refractivity contribution is 7.85. The molecule has 1 aromatic carbocycles. The fourth-order valence-corrected chi connectivity index (χ4v) is 3.34. The third-order valence-electron chi connectivity index (χ3n) is 4.63. The van der Waals surface area contributed by atoms with Crippen molar-refractivity contribution in [2.75, 3.05) is 11.9 Å². The number of hydroxylamine groups is 1. The molecule has 0 aliphatic carbocycles. The van der Waals surface area contributed by atoms with Crippen molar-refractivity contribution in [2.24, 2.45) is 0 Å². The van der Waals surface area contributed by atoms with Gasteiger partial charge in [-0.15, -0.1) is 0 Å². The van der Waals surface area contributed by atoms with Crippen molar-refractivity contribution in [3.63, 3.8) is 0 Å². The molecule has 0 unspecified atom stereocenters. The van der Waals surface area contributed by atoms with Crippen molar-refractivity contribution < 1.29 is 27.4 Å². The van der Waals surface area contributed by atoms with Crippen LogP contribution in [0.25, 0.3) is 0 Å². The molecule has 0 atom stereocenters. The van der Waals surface area contributed by atoms with E-state index in [-0.39, 0.29) is 10.8 Å². The first-order chi connectivity index (χ1) is 14.7.